The molecule has 128 valence electrons. The summed E-state index contributed by atoms with van der Waals surface area (Å²) in [4.78, 5) is 23.6. The maximum Gasteiger partial charge on any atom is 0.262 e. The number of methoxy groups -OCH3 is 1. The highest BCUT2D eigenvalue weighted by Crippen LogP contribution is 2.28. The van der Waals surface area contributed by atoms with Crippen LogP contribution in [0.5, 0.6) is 11.5 Å². The second kappa shape index (κ2) is 7.82. The van der Waals surface area contributed by atoms with Gasteiger partial charge in [-0.05, 0) is 38.0 Å². The Kier molecular flexibility index (Phi) is 5.80. The highest BCUT2D eigenvalue weighted by atomic mass is 16.5. The quantitative estimate of drug-likeness (QED) is 0.810. The van der Waals surface area contributed by atoms with Gasteiger partial charge < -0.3 is 14.8 Å². The molecular weight excluding hydrogens is 308 g/mol. The average molecular weight is 330 g/mol. The molecule has 1 saturated carbocycles. The molecular formula is C18H22N2O4. The predicted molar refractivity (Wildman–Crippen MR) is 88.0 cm³/mol. The summed E-state index contributed by atoms with van der Waals surface area (Å²) in [5.41, 5.74) is -0.498. The van der Waals surface area contributed by atoms with E-state index >= 15 is 0 Å². The van der Waals surface area contributed by atoms with Crippen molar-refractivity contribution >= 4 is 12.2 Å². The van der Waals surface area contributed by atoms with Gasteiger partial charge in [0.1, 0.15) is 17.0 Å². The average Bonchev–Trinajstić information content (AvgIpc) is 2.62. The van der Waals surface area contributed by atoms with E-state index in [1.807, 2.05) is 0 Å². The van der Waals surface area contributed by atoms with Gasteiger partial charge in [0, 0.05) is 0 Å². The van der Waals surface area contributed by atoms with E-state index in [1.54, 1.807) is 25.1 Å². The number of rotatable bonds is 6. The molecule has 0 radical (unpaired) electrons. The van der Waals surface area contributed by atoms with Gasteiger partial charge in [0.25, 0.3) is 5.91 Å². The number of nitriles is 1. The molecule has 6 heteroatoms. The molecule has 0 aliphatic heterocycles. The number of carbonyl (C=O) groups excluding carboxylic acids is 2. The fourth-order valence-corrected chi connectivity index (χ4v) is 2.85. The summed E-state index contributed by atoms with van der Waals surface area (Å²) < 4.78 is 10.7. The summed E-state index contributed by atoms with van der Waals surface area (Å²) in [5.74, 6) is 0.487. The van der Waals surface area contributed by atoms with Crippen molar-refractivity contribution in [2.45, 2.75) is 50.7 Å². The van der Waals surface area contributed by atoms with Crippen LogP contribution in [0.1, 0.15) is 49.4 Å². The molecule has 2 rings (SSSR count). The minimum atomic E-state index is -0.816. The monoisotopic (exact) mass is 330 g/mol. The Morgan fingerprint density at radius 1 is 1.38 bits per heavy atom. The van der Waals surface area contributed by atoms with Gasteiger partial charge in [-0.15, -0.1) is 0 Å². The Balaban J connectivity index is 2.06. The molecule has 0 unspecified atom stereocenters. The third-order valence-electron chi connectivity index (χ3n) is 4.30. The lowest BCUT2D eigenvalue weighted by Crippen LogP contribution is -2.52. The van der Waals surface area contributed by atoms with Crippen molar-refractivity contribution in [3.05, 3.63) is 23.8 Å². The highest BCUT2D eigenvalue weighted by Gasteiger charge is 2.35. The van der Waals surface area contributed by atoms with E-state index in [9.17, 15) is 14.9 Å². The topological polar surface area (TPSA) is 88.4 Å². The van der Waals surface area contributed by atoms with Gasteiger partial charge in [0.15, 0.2) is 12.4 Å². The van der Waals surface area contributed by atoms with Crippen LogP contribution >= 0.6 is 0 Å². The first-order valence-electron chi connectivity index (χ1n) is 8.07. The molecule has 1 aromatic carbocycles. The second-order valence-corrected chi connectivity index (χ2v) is 6.03. The zero-order valence-corrected chi connectivity index (χ0v) is 14.0. The first-order valence-corrected chi connectivity index (χ1v) is 8.07. The molecule has 1 aliphatic carbocycles. The van der Waals surface area contributed by atoms with Crippen LogP contribution in [0, 0.1) is 11.3 Å². The zero-order chi connectivity index (χ0) is 17.6. The van der Waals surface area contributed by atoms with Crippen LogP contribution in [0.3, 0.4) is 0 Å². The van der Waals surface area contributed by atoms with Crippen molar-refractivity contribution in [3.63, 3.8) is 0 Å². The van der Waals surface area contributed by atoms with Crippen molar-refractivity contribution in [1.82, 2.24) is 5.32 Å². The van der Waals surface area contributed by atoms with E-state index in [4.69, 9.17) is 9.47 Å². The lowest BCUT2D eigenvalue weighted by molar-refractivity contribution is -0.129. The summed E-state index contributed by atoms with van der Waals surface area (Å²) in [7, 11) is 1.51. The number of hydrogen-bond donors (Lipinski definition) is 1. The molecule has 1 aromatic rings. The van der Waals surface area contributed by atoms with Crippen LogP contribution in [-0.4, -0.2) is 30.9 Å². The molecule has 1 aliphatic rings. The molecule has 1 fully saturated rings. The van der Waals surface area contributed by atoms with Crippen LogP contribution in [0.2, 0.25) is 0 Å². The molecule has 0 saturated heterocycles. The van der Waals surface area contributed by atoms with Gasteiger partial charge in [-0.1, -0.05) is 19.3 Å². The first kappa shape index (κ1) is 17.8. The third kappa shape index (κ3) is 4.05. The molecule has 1 amide bonds. The Morgan fingerprint density at radius 2 is 2.08 bits per heavy atom. The maximum atomic E-state index is 12.4. The third-order valence-corrected chi connectivity index (χ3v) is 4.30. The van der Waals surface area contributed by atoms with E-state index < -0.39 is 11.6 Å². The van der Waals surface area contributed by atoms with Crippen molar-refractivity contribution in [3.8, 4) is 17.6 Å². The molecule has 0 aromatic heterocycles. The Bertz CT molecular complexity index is 645. The maximum absolute atomic E-state index is 12.4. The van der Waals surface area contributed by atoms with Gasteiger partial charge in [0.2, 0.25) is 0 Å². The zero-order valence-electron chi connectivity index (χ0n) is 14.0. The van der Waals surface area contributed by atoms with Gasteiger partial charge in [0.05, 0.1) is 18.7 Å². The second-order valence-electron chi connectivity index (χ2n) is 6.03. The smallest absolute Gasteiger partial charge is 0.262 e. The number of aldehydes is 1. The van der Waals surface area contributed by atoms with Gasteiger partial charge in [-0.3, -0.25) is 9.59 Å². The fourth-order valence-electron chi connectivity index (χ4n) is 2.85. The van der Waals surface area contributed by atoms with Crippen LogP contribution in [0.4, 0.5) is 0 Å². The summed E-state index contributed by atoms with van der Waals surface area (Å²) in [6.45, 7) is 1.60. The molecule has 24 heavy (non-hydrogen) atoms. The minimum absolute atomic E-state index is 0.307. The van der Waals surface area contributed by atoms with Crippen LogP contribution in [0.15, 0.2) is 18.2 Å². The van der Waals surface area contributed by atoms with Gasteiger partial charge in [-0.2, -0.15) is 5.26 Å². The number of nitrogens with zero attached hydrogens (tertiary/aromatic N) is 1. The summed E-state index contributed by atoms with van der Waals surface area (Å²) in [6, 6.07) is 7.04. The SMILES string of the molecule is COc1ccc(O[C@H](C)C(=O)NC2(C#N)CCCCC2)c(C=O)c1. The Morgan fingerprint density at radius 3 is 2.67 bits per heavy atom. The van der Waals surface area contributed by atoms with E-state index in [0.29, 0.717) is 36.2 Å². The number of ether oxygens (including phenoxy) is 2. The van der Waals surface area contributed by atoms with Crippen molar-refractivity contribution in [2.75, 3.05) is 7.11 Å². The largest absolute Gasteiger partial charge is 0.497 e. The predicted octanol–water partition coefficient (Wildman–Crippen LogP) is 2.62. The van der Waals surface area contributed by atoms with E-state index in [-0.39, 0.29) is 5.91 Å². The molecule has 1 N–H and O–H groups in total. The first-order chi connectivity index (χ1) is 11.5. The standard InChI is InChI=1S/C18H22N2O4/c1-13(17(22)20-18(12-19)8-4-3-5-9-18)24-16-7-6-15(23-2)10-14(16)11-21/h6-7,10-11,13H,3-5,8-9H2,1-2H3,(H,20,22)/t13-/m1/s1. The van der Waals surface area contributed by atoms with Gasteiger partial charge in [-0.25, -0.2) is 0 Å². The Labute approximate surface area is 141 Å². The number of hydrogen-bond acceptors (Lipinski definition) is 5. The number of nitrogens with one attached hydrogen (secondary N) is 1. The van der Waals surface area contributed by atoms with Crippen molar-refractivity contribution < 1.29 is 19.1 Å². The van der Waals surface area contributed by atoms with Crippen LogP contribution in [-0.2, 0) is 4.79 Å². The highest BCUT2D eigenvalue weighted by molar-refractivity contribution is 5.83. The summed E-state index contributed by atoms with van der Waals surface area (Å²) in [6.07, 6.45) is 4.09. The lowest BCUT2D eigenvalue weighted by Gasteiger charge is -2.32. The number of carbonyl (C=O) groups is 2. The van der Waals surface area contributed by atoms with E-state index in [1.165, 1.54) is 7.11 Å². The number of benzene rings is 1. The Hall–Kier alpha value is -2.55. The van der Waals surface area contributed by atoms with Crippen molar-refractivity contribution in [1.29, 1.82) is 5.26 Å². The normalized spacial score (nSPS) is 17.2. The van der Waals surface area contributed by atoms with Crippen LogP contribution < -0.4 is 14.8 Å². The van der Waals surface area contributed by atoms with Crippen molar-refractivity contribution in [2.24, 2.45) is 0 Å². The summed E-state index contributed by atoms with van der Waals surface area (Å²) in [5, 5.41) is 12.3. The lowest BCUT2D eigenvalue weighted by atomic mass is 9.83. The van der Waals surface area contributed by atoms with E-state index in [0.717, 1.165) is 19.3 Å². The summed E-state index contributed by atoms with van der Waals surface area (Å²) >= 11 is 0. The minimum Gasteiger partial charge on any atom is -0.497 e. The molecule has 6 nitrogen and oxygen atoms in total. The van der Waals surface area contributed by atoms with Crippen LogP contribution in [0.25, 0.3) is 0 Å². The van der Waals surface area contributed by atoms with Gasteiger partial charge >= 0.3 is 0 Å². The molecule has 0 spiro atoms. The molecule has 0 bridgehead atoms. The number of amides is 1. The molecule has 0 heterocycles. The molecule has 1 atom stereocenters. The van der Waals surface area contributed by atoms with E-state index in [2.05, 4.69) is 11.4 Å². The fraction of sp³-hybridized carbons (Fsp3) is 0.500.